The molecule has 0 aliphatic heterocycles. The normalized spacial score (nSPS) is 29.4. The molecule has 0 amide bonds. The van der Waals surface area contributed by atoms with Crippen LogP contribution in [0.4, 0.5) is 0 Å². The van der Waals surface area contributed by atoms with Crippen molar-refractivity contribution < 1.29 is 5.11 Å². The summed E-state index contributed by atoms with van der Waals surface area (Å²) >= 11 is 0. The van der Waals surface area contributed by atoms with Gasteiger partial charge in [-0.05, 0) is 39.2 Å². The summed E-state index contributed by atoms with van der Waals surface area (Å²) in [5.74, 6) is 0.665. The van der Waals surface area contributed by atoms with Gasteiger partial charge in [-0.3, -0.25) is 0 Å². The second-order valence-corrected chi connectivity index (χ2v) is 5.11. The number of nitrogens with two attached hydrogens (primary N) is 1. The molecular formula is C12H26N2O. The van der Waals surface area contributed by atoms with Crippen LogP contribution in [0.15, 0.2) is 0 Å². The van der Waals surface area contributed by atoms with E-state index in [0.717, 1.165) is 19.5 Å². The van der Waals surface area contributed by atoms with Crippen molar-refractivity contribution in [2.24, 2.45) is 11.7 Å². The van der Waals surface area contributed by atoms with E-state index in [0.29, 0.717) is 12.0 Å². The lowest BCUT2D eigenvalue weighted by molar-refractivity contribution is 0.150. The van der Waals surface area contributed by atoms with E-state index in [9.17, 15) is 5.11 Å². The highest BCUT2D eigenvalue weighted by atomic mass is 16.3. The lowest BCUT2D eigenvalue weighted by atomic mass is 9.85. The zero-order valence-corrected chi connectivity index (χ0v) is 10.2. The standard InChI is InChI=1S/C12H26N2O/c1-10(15)7-8-14(2)9-11-5-3-4-6-12(11)13/h10-12,15H,3-9,13H2,1-2H3. The van der Waals surface area contributed by atoms with Crippen LogP contribution in [0.3, 0.4) is 0 Å². The van der Waals surface area contributed by atoms with Gasteiger partial charge in [0.05, 0.1) is 6.10 Å². The summed E-state index contributed by atoms with van der Waals surface area (Å²) in [4.78, 5) is 2.31. The summed E-state index contributed by atoms with van der Waals surface area (Å²) in [6, 6.07) is 0.396. The van der Waals surface area contributed by atoms with Gasteiger partial charge in [0, 0.05) is 19.1 Å². The van der Waals surface area contributed by atoms with Gasteiger partial charge < -0.3 is 15.7 Å². The van der Waals surface area contributed by atoms with Crippen molar-refractivity contribution >= 4 is 0 Å². The van der Waals surface area contributed by atoms with Gasteiger partial charge in [-0.15, -0.1) is 0 Å². The van der Waals surface area contributed by atoms with Gasteiger partial charge >= 0.3 is 0 Å². The van der Waals surface area contributed by atoms with Gasteiger partial charge in [-0.2, -0.15) is 0 Å². The maximum Gasteiger partial charge on any atom is 0.0524 e. The minimum atomic E-state index is -0.188. The molecule has 0 aromatic rings. The molecule has 0 bridgehead atoms. The molecule has 0 spiro atoms. The predicted molar refractivity (Wildman–Crippen MR) is 63.7 cm³/mol. The van der Waals surface area contributed by atoms with Gasteiger partial charge in [-0.25, -0.2) is 0 Å². The third-order valence-electron chi connectivity index (χ3n) is 3.44. The number of rotatable bonds is 5. The molecule has 3 N–H and O–H groups in total. The van der Waals surface area contributed by atoms with E-state index < -0.39 is 0 Å². The number of nitrogens with zero attached hydrogens (tertiary/aromatic N) is 1. The molecule has 1 aliphatic carbocycles. The highest BCUT2D eigenvalue weighted by Gasteiger charge is 2.22. The Balaban J connectivity index is 2.20. The van der Waals surface area contributed by atoms with Gasteiger partial charge in [0.25, 0.3) is 0 Å². The first-order valence-corrected chi connectivity index (χ1v) is 6.21. The van der Waals surface area contributed by atoms with Crippen LogP contribution in [0, 0.1) is 5.92 Å². The summed E-state index contributed by atoms with van der Waals surface area (Å²) < 4.78 is 0. The second kappa shape index (κ2) is 6.46. The summed E-state index contributed by atoms with van der Waals surface area (Å²) in [7, 11) is 2.13. The smallest absolute Gasteiger partial charge is 0.0524 e. The third-order valence-corrected chi connectivity index (χ3v) is 3.44. The van der Waals surface area contributed by atoms with Crippen molar-refractivity contribution in [3.63, 3.8) is 0 Å². The van der Waals surface area contributed by atoms with Crippen LogP contribution in [0.1, 0.15) is 39.0 Å². The Bertz CT molecular complexity index is 173. The Hall–Kier alpha value is -0.120. The number of aliphatic hydroxyl groups is 1. The van der Waals surface area contributed by atoms with Crippen LogP contribution in [-0.2, 0) is 0 Å². The van der Waals surface area contributed by atoms with E-state index in [2.05, 4.69) is 11.9 Å². The minimum absolute atomic E-state index is 0.188. The molecule has 1 aliphatic rings. The van der Waals surface area contributed by atoms with Gasteiger partial charge in [0.1, 0.15) is 0 Å². The van der Waals surface area contributed by atoms with Crippen molar-refractivity contribution in [1.29, 1.82) is 0 Å². The summed E-state index contributed by atoms with van der Waals surface area (Å²) in [6.45, 7) is 3.91. The van der Waals surface area contributed by atoms with E-state index in [4.69, 9.17) is 5.73 Å². The Labute approximate surface area is 93.6 Å². The molecule has 3 unspecified atom stereocenters. The van der Waals surface area contributed by atoms with Gasteiger partial charge in [0.15, 0.2) is 0 Å². The first-order valence-electron chi connectivity index (χ1n) is 6.21. The molecule has 0 saturated heterocycles. The molecule has 0 radical (unpaired) electrons. The van der Waals surface area contributed by atoms with Gasteiger partial charge in [0.2, 0.25) is 0 Å². The van der Waals surface area contributed by atoms with E-state index in [1.807, 2.05) is 6.92 Å². The topological polar surface area (TPSA) is 49.5 Å². The molecule has 3 nitrogen and oxygen atoms in total. The molecule has 1 saturated carbocycles. The summed E-state index contributed by atoms with van der Waals surface area (Å²) in [5, 5.41) is 9.21. The average Bonchev–Trinajstić information content (AvgIpc) is 2.18. The zero-order valence-electron chi connectivity index (χ0n) is 10.2. The third kappa shape index (κ3) is 4.96. The van der Waals surface area contributed by atoms with Crippen LogP contribution in [0.2, 0.25) is 0 Å². The van der Waals surface area contributed by atoms with Crippen molar-refractivity contribution in [3.05, 3.63) is 0 Å². The Morgan fingerprint density at radius 2 is 2.07 bits per heavy atom. The largest absolute Gasteiger partial charge is 0.393 e. The Kier molecular flexibility index (Phi) is 5.58. The van der Waals surface area contributed by atoms with Crippen LogP contribution in [0.25, 0.3) is 0 Å². The summed E-state index contributed by atoms with van der Waals surface area (Å²) in [5.41, 5.74) is 6.11. The molecule has 90 valence electrons. The highest BCUT2D eigenvalue weighted by Crippen LogP contribution is 2.23. The maximum absolute atomic E-state index is 9.21. The van der Waals surface area contributed by atoms with E-state index >= 15 is 0 Å². The van der Waals surface area contributed by atoms with E-state index in [1.165, 1.54) is 25.7 Å². The number of aliphatic hydroxyl groups excluding tert-OH is 1. The molecular weight excluding hydrogens is 188 g/mol. The lowest BCUT2D eigenvalue weighted by Crippen LogP contribution is -2.40. The minimum Gasteiger partial charge on any atom is -0.393 e. The number of hydrogen-bond donors (Lipinski definition) is 2. The first kappa shape index (κ1) is 12.9. The van der Waals surface area contributed by atoms with Crippen molar-refractivity contribution in [3.8, 4) is 0 Å². The predicted octanol–water partition coefficient (Wildman–Crippen LogP) is 1.21. The van der Waals surface area contributed by atoms with Crippen LogP contribution >= 0.6 is 0 Å². The van der Waals surface area contributed by atoms with Crippen LogP contribution < -0.4 is 5.73 Å². The van der Waals surface area contributed by atoms with E-state index in [-0.39, 0.29) is 6.10 Å². The van der Waals surface area contributed by atoms with Gasteiger partial charge in [-0.1, -0.05) is 12.8 Å². The van der Waals surface area contributed by atoms with Crippen molar-refractivity contribution in [2.75, 3.05) is 20.1 Å². The monoisotopic (exact) mass is 214 g/mol. The molecule has 1 fully saturated rings. The second-order valence-electron chi connectivity index (χ2n) is 5.11. The fourth-order valence-electron chi connectivity index (χ4n) is 2.36. The van der Waals surface area contributed by atoms with Crippen molar-refractivity contribution in [2.45, 2.75) is 51.2 Å². The molecule has 15 heavy (non-hydrogen) atoms. The quantitative estimate of drug-likeness (QED) is 0.723. The SMILES string of the molecule is CC(O)CCN(C)CC1CCCCC1N. The highest BCUT2D eigenvalue weighted by molar-refractivity contribution is 4.79. The number of hydrogen-bond acceptors (Lipinski definition) is 3. The fourth-order valence-corrected chi connectivity index (χ4v) is 2.36. The molecule has 0 aromatic carbocycles. The Morgan fingerprint density at radius 3 is 2.67 bits per heavy atom. The van der Waals surface area contributed by atoms with Crippen LogP contribution in [-0.4, -0.2) is 42.3 Å². The fraction of sp³-hybridized carbons (Fsp3) is 1.00. The molecule has 0 heterocycles. The molecule has 3 heteroatoms. The Morgan fingerprint density at radius 1 is 1.40 bits per heavy atom. The molecule has 1 rings (SSSR count). The van der Waals surface area contributed by atoms with Crippen molar-refractivity contribution in [1.82, 2.24) is 4.90 Å². The zero-order chi connectivity index (χ0) is 11.3. The molecule has 0 aromatic heterocycles. The molecule has 3 atom stereocenters. The van der Waals surface area contributed by atoms with E-state index in [1.54, 1.807) is 0 Å². The lowest BCUT2D eigenvalue weighted by Gasteiger charge is -2.32. The van der Waals surface area contributed by atoms with Crippen LogP contribution in [0.5, 0.6) is 0 Å². The first-order chi connectivity index (χ1) is 7.09. The maximum atomic E-state index is 9.21. The average molecular weight is 214 g/mol. The summed E-state index contributed by atoms with van der Waals surface area (Å²) in [6.07, 6.45) is 5.78.